The maximum atomic E-state index is 13.3. The second-order valence-electron chi connectivity index (χ2n) is 7.58. The van der Waals surface area contributed by atoms with E-state index >= 15 is 0 Å². The molecule has 1 aliphatic carbocycles. The number of hydrogen-bond acceptors (Lipinski definition) is 3. The summed E-state index contributed by atoms with van der Waals surface area (Å²) in [5, 5.41) is 10.0. The summed E-state index contributed by atoms with van der Waals surface area (Å²) in [4.78, 5) is 12.8. The average molecular weight is 490 g/mol. The molecular formula is C20H17Cl2F4N5O. The fraction of sp³-hybridized carbons (Fsp3) is 0.350. The highest BCUT2D eigenvalue weighted by atomic mass is 35.5. The Morgan fingerprint density at radius 1 is 1.22 bits per heavy atom. The molecule has 1 fully saturated rings. The van der Waals surface area contributed by atoms with Crippen LogP contribution in [0.2, 0.25) is 10.0 Å². The standard InChI is InChI=1S/C20H17Cl2F4N5O/c1-10(31-16(12-4-5-12)15(22)17(28-31)20(24,25)26)19(32)27-18-14(21)9-30(29-18)8-11-2-6-13(23)7-3-11/h2-3,6-7,9-10,12H,4-5,8H2,1H3,(H,27,29,32). The highest BCUT2D eigenvalue weighted by molar-refractivity contribution is 6.33. The monoisotopic (exact) mass is 489 g/mol. The molecule has 1 saturated carbocycles. The van der Waals surface area contributed by atoms with Gasteiger partial charge in [0.25, 0.3) is 0 Å². The van der Waals surface area contributed by atoms with Crippen LogP contribution in [0.3, 0.4) is 0 Å². The fourth-order valence-electron chi connectivity index (χ4n) is 3.30. The third-order valence-corrected chi connectivity index (χ3v) is 5.73. The molecule has 32 heavy (non-hydrogen) atoms. The van der Waals surface area contributed by atoms with Gasteiger partial charge in [-0.3, -0.25) is 14.2 Å². The number of nitrogens with zero attached hydrogens (tertiary/aromatic N) is 4. The van der Waals surface area contributed by atoms with Gasteiger partial charge in [-0.1, -0.05) is 35.3 Å². The van der Waals surface area contributed by atoms with Crippen molar-refractivity contribution in [2.24, 2.45) is 0 Å². The first-order valence-corrected chi connectivity index (χ1v) is 10.4. The molecule has 6 nitrogen and oxygen atoms in total. The molecule has 1 unspecified atom stereocenters. The van der Waals surface area contributed by atoms with Gasteiger partial charge >= 0.3 is 6.18 Å². The molecule has 0 saturated heterocycles. The molecule has 0 spiro atoms. The van der Waals surface area contributed by atoms with Gasteiger partial charge in [-0.2, -0.15) is 23.4 Å². The van der Waals surface area contributed by atoms with Crippen molar-refractivity contribution in [3.8, 4) is 0 Å². The molecule has 0 aliphatic heterocycles. The Bertz CT molecular complexity index is 1150. The molecule has 2 heterocycles. The summed E-state index contributed by atoms with van der Waals surface area (Å²) in [6, 6.07) is 4.71. The Morgan fingerprint density at radius 2 is 1.88 bits per heavy atom. The lowest BCUT2D eigenvalue weighted by Gasteiger charge is -2.15. The summed E-state index contributed by atoms with van der Waals surface area (Å²) in [6.07, 6.45) is -1.90. The predicted octanol–water partition coefficient (Wildman–Crippen LogP) is 5.67. The lowest BCUT2D eigenvalue weighted by molar-refractivity contribution is -0.141. The van der Waals surface area contributed by atoms with E-state index in [9.17, 15) is 22.4 Å². The van der Waals surface area contributed by atoms with E-state index in [-0.39, 0.29) is 34.8 Å². The van der Waals surface area contributed by atoms with Gasteiger partial charge in [-0.15, -0.1) is 0 Å². The first-order chi connectivity index (χ1) is 15.0. The maximum Gasteiger partial charge on any atom is 0.436 e. The summed E-state index contributed by atoms with van der Waals surface area (Å²) in [5.74, 6) is -1.13. The number of halogens is 6. The molecule has 170 valence electrons. The van der Waals surface area contributed by atoms with E-state index in [4.69, 9.17) is 23.2 Å². The molecule has 1 aromatic carbocycles. The number of aromatic nitrogens is 4. The number of benzene rings is 1. The minimum atomic E-state index is -4.73. The normalized spacial score (nSPS) is 15.1. The Hall–Kier alpha value is -2.59. The fourth-order valence-corrected chi connectivity index (χ4v) is 3.88. The number of carbonyl (C=O) groups is 1. The van der Waals surface area contributed by atoms with Crippen LogP contribution in [-0.2, 0) is 17.5 Å². The number of amides is 1. The summed E-state index contributed by atoms with van der Waals surface area (Å²) in [6.45, 7) is 1.70. The molecule has 1 aliphatic rings. The molecule has 12 heteroatoms. The predicted molar refractivity (Wildman–Crippen MR) is 110 cm³/mol. The molecule has 2 aromatic heterocycles. The second kappa shape index (κ2) is 8.40. The maximum absolute atomic E-state index is 13.3. The van der Waals surface area contributed by atoms with Gasteiger partial charge in [0.2, 0.25) is 5.91 Å². The van der Waals surface area contributed by atoms with Crippen molar-refractivity contribution in [3.05, 3.63) is 63.3 Å². The van der Waals surface area contributed by atoms with Gasteiger partial charge in [-0.05, 0) is 37.5 Å². The van der Waals surface area contributed by atoms with Gasteiger partial charge in [-0.25, -0.2) is 4.39 Å². The molecule has 3 aromatic rings. The van der Waals surface area contributed by atoms with Gasteiger partial charge in [0, 0.05) is 12.1 Å². The van der Waals surface area contributed by atoms with Crippen LogP contribution in [0.1, 0.15) is 48.7 Å². The van der Waals surface area contributed by atoms with Gasteiger partial charge < -0.3 is 5.32 Å². The number of alkyl halides is 3. The van der Waals surface area contributed by atoms with E-state index in [0.29, 0.717) is 12.8 Å². The highest BCUT2D eigenvalue weighted by Crippen LogP contribution is 2.47. The summed E-state index contributed by atoms with van der Waals surface area (Å²) < 4.78 is 55.4. The van der Waals surface area contributed by atoms with E-state index in [1.165, 1.54) is 29.9 Å². The van der Waals surface area contributed by atoms with E-state index < -0.39 is 28.8 Å². The summed E-state index contributed by atoms with van der Waals surface area (Å²) in [7, 11) is 0. The lowest BCUT2D eigenvalue weighted by Crippen LogP contribution is -2.26. The zero-order chi connectivity index (χ0) is 23.2. The van der Waals surface area contributed by atoms with Crippen LogP contribution >= 0.6 is 23.2 Å². The molecule has 1 atom stereocenters. The van der Waals surface area contributed by atoms with Crippen molar-refractivity contribution in [1.82, 2.24) is 19.6 Å². The quantitative estimate of drug-likeness (QED) is 0.453. The zero-order valence-electron chi connectivity index (χ0n) is 16.6. The lowest BCUT2D eigenvalue weighted by atomic mass is 10.2. The molecule has 1 N–H and O–H groups in total. The van der Waals surface area contributed by atoms with Crippen molar-refractivity contribution < 1.29 is 22.4 Å². The Kier molecular flexibility index (Phi) is 5.93. The van der Waals surface area contributed by atoms with Crippen LogP contribution in [0.4, 0.5) is 23.4 Å². The van der Waals surface area contributed by atoms with Crippen LogP contribution in [0.15, 0.2) is 30.5 Å². The minimum Gasteiger partial charge on any atom is -0.306 e. The number of hydrogen-bond donors (Lipinski definition) is 1. The van der Waals surface area contributed by atoms with Gasteiger partial charge in [0.15, 0.2) is 11.5 Å². The van der Waals surface area contributed by atoms with E-state index in [1.807, 2.05) is 0 Å². The van der Waals surface area contributed by atoms with Gasteiger partial charge in [0.05, 0.1) is 17.3 Å². The van der Waals surface area contributed by atoms with Crippen LogP contribution in [-0.4, -0.2) is 25.5 Å². The zero-order valence-corrected chi connectivity index (χ0v) is 18.1. The van der Waals surface area contributed by atoms with Crippen molar-refractivity contribution in [2.45, 2.75) is 44.4 Å². The second-order valence-corrected chi connectivity index (χ2v) is 8.36. The SMILES string of the molecule is CC(C(=O)Nc1nn(Cc2ccc(F)cc2)cc1Cl)n1nc(C(F)(F)F)c(Cl)c1C1CC1. The highest BCUT2D eigenvalue weighted by Gasteiger charge is 2.43. The third-order valence-electron chi connectivity index (χ3n) is 5.08. The van der Waals surface area contributed by atoms with Crippen molar-refractivity contribution >= 4 is 34.9 Å². The van der Waals surface area contributed by atoms with Crippen molar-refractivity contribution in [1.29, 1.82) is 0 Å². The minimum absolute atomic E-state index is 0.0490. The molecule has 4 rings (SSSR count). The topological polar surface area (TPSA) is 64.7 Å². The van der Waals surface area contributed by atoms with Gasteiger partial charge in [0.1, 0.15) is 16.9 Å². The number of rotatable bonds is 6. The number of nitrogens with one attached hydrogen (secondary N) is 1. The van der Waals surface area contributed by atoms with E-state index in [1.54, 1.807) is 12.1 Å². The summed E-state index contributed by atoms with van der Waals surface area (Å²) in [5.41, 5.74) is -0.242. The molecule has 0 bridgehead atoms. The van der Waals surface area contributed by atoms with Crippen LogP contribution in [0.5, 0.6) is 0 Å². The van der Waals surface area contributed by atoms with E-state index in [2.05, 4.69) is 15.5 Å². The Morgan fingerprint density at radius 3 is 2.47 bits per heavy atom. The Labute approximate surface area is 190 Å². The van der Waals surface area contributed by atoms with Crippen molar-refractivity contribution in [3.63, 3.8) is 0 Å². The first kappa shape index (κ1) is 22.6. The summed E-state index contributed by atoms with van der Waals surface area (Å²) >= 11 is 12.1. The molecule has 0 radical (unpaired) electrons. The largest absolute Gasteiger partial charge is 0.436 e. The van der Waals surface area contributed by atoms with E-state index in [0.717, 1.165) is 10.2 Å². The van der Waals surface area contributed by atoms with Crippen LogP contribution in [0, 0.1) is 5.82 Å². The van der Waals surface area contributed by atoms with Crippen LogP contribution < -0.4 is 5.32 Å². The Balaban J connectivity index is 1.53. The number of anilines is 1. The average Bonchev–Trinajstić information content (AvgIpc) is 3.40. The smallest absolute Gasteiger partial charge is 0.306 e. The molecular weight excluding hydrogens is 473 g/mol. The third kappa shape index (κ3) is 4.61. The van der Waals surface area contributed by atoms with Crippen molar-refractivity contribution in [2.75, 3.05) is 5.32 Å². The van der Waals surface area contributed by atoms with Crippen LogP contribution in [0.25, 0.3) is 0 Å². The first-order valence-electron chi connectivity index (χ1n) is 9.68. The molecule has 1 amide bonds. The number of carbonyl (C=O) groups excluding carboxylic acids is 1.